The second-order valence-corrected chi connectivity index (χ2v) is 5.47. The molecule has 1 aromatic carbocycles. The molecule has 2 N–H and O–H groups in total. The van der Waals surface area contributed by atoms with Gasteiger partial charge in [0.1, 0.15) is 5.75 Å². The van der Waals surface area contributed by atoms with Crippen LogP contribution in [0.15, 0.2) is 18.2 Å². The Hall–Kier alpha value is -2.75. The van der Waals surface area contributed by atoms with Gasteiger partial charge in [0.25, 0.3) is 0 Å². The molecule has 1 aliphatic rings. The molecule has 1 heterocycles. The highest BCUT2D eigenvalue weighted by molar-refractivity contribution is 5.87. The van der Waals surface area contributed by atoms with Crippen molar-refractivity contribution in [3.8, 4) is 11.8 Å². The first-order valence-electron chi connectivity index (χ1n) is 8.09. The van der Waals surface area contributed by atoms with Gasteiger partial charge < -0.3 is 20.3 Å². The van der Waals surface area contributed by atoms with Gasteiger partial charge in [-0.1, -0.05) is 0 Å². The lowest BCUT2D eigenvalue weighted by atomic mass is 10.2. The van der Waals surface area contributed by atoms with Crippen molar-refractivity contribution in [3.05, 3.63) is 23.8 Å². The number of hydrogen-bond donors (Lipinski definition) is 2. The predicted molar refractivity (Wildman–Crippen MR) is 89.6 cm³/mol. The molecule has 1 aliphatic heterocycles. The highest BCUT2D eigenvalue weighted by Crippen LogP contribution is 2.25. The minimum absolute atomic E-state index is 0.00222. The van der Waals surface area contributed by atoms with E-state index in [1.54, 1.807) is 23.1 Å². The van der Waals surface area contributed by atoms with Gasteiger partial charge in [-0.25, -0.2) is 0 Å². The summed E-state index contributed by atoms with van der Waals surface area (Å²) in [5.41, 5.74) is 1.06. The van der Waals surface area contributed by atoms with Crippen molar-refractivity contribution in [1.82, 2.24) is 10.2 Å². The fourth-order valence-corrected chi connectivity index (χ4v) is 2.51. The number of ether oxygens (including phenoxy) is 1. The molecule has 0 bridgehead atoms. The molecule has 1 fully saturated rings. The van der Waals surface area contributed by atoms with Crippen molar-refractivity contribution < 1.29 is 14.3 Å². The molecule has 2 rings (SSSR count). The van der Waals surface area contributed by atoms with E-state index in [1.807, 2.05) is 13.0 Å². The van der Waals surface area contributed by atoms with E-state index >= 15 is 0 Å². The van der Waals surface area contributed by atoms with Crippen LogP contribution in [0.25, 0.3) is 0 Å². The van der Waals surface area contributed by atoms with Crippen LogP contribution in [0.4, 0.5) is 5.69 Å². The maximum atomic E-state index is 11.9. The lowest BCUT2D eigenvalue weighted by Gasteiger charge is -2.16. The number of anilines is 1. The third-order valence-electron chi connectivity index (χ3n) is 3.74. The maximum Gasteiger partial charge on any atom is 0.241 e. The third kappa shape index (κ3) is 4.88. The molecular weight excluding hydrogens is 308 g/mol. The van der Waals surface area contributed by atoms with E-state index in [0.29, 0.717) is 23.6 Å². The monoisotopic (exact) mass is 330 g/mol. The predicted octanol–water partition coefficient (Wildman–Crippen LogP) is 1.11. The zero-order valence-corrected chi connectivity index (χ0v) is 13.8. The number of likely N-dealkylation sites (tertiary alicyclic amines) is 1. The van der Waals surface area contributed by atoms with Crippen LogP contribution in [0.2, 0.25) is 0 Å². The number of nitrogens with one attached hydrogen (secondary N) is 2. The number of benzene rings is 1. The van der Waals surface area contributed by atoms with Crippen LogP contribution in [0.1, 0.15) is 25.3 Å². The van der Waals surface area contributed by atoms with Gasteiger partial charge in [0.2, 0.25) is 11.8 Å². The summed E-state index contributed by atoms with van der Waals surface area (Å²) in [7, 11) is 0. The molecule has 0 saturated carbocycles. The van der Waals surface area contributed by atoms with Crippen molar-refractivity contribution >= 4 is 17.5 Å². The standard InChI is InChI=1S/C17H22N4O3/c1-2-24-15-6-5-13(10-18)9-14(15)19-11-16(22)20-12-17(23)21-7-3-4-8-21/h5-6,9,19H,2-4,7-8,11-12H2,1H3,(H,20,22). The van der Waals surface area contributed by atoms with Crippen molar-refractivity contribution in [2.75, 3.05) is 38.1 Å². The maximum absolute atomic E-state index is 11.9. The number of carbonyl (C=O) groups excluding carboxylic acids is 2. The van der Waals surface area contributed by atoms with Crippen molar-refractivity contribution in [2.45, 2.75) is 19.8 Å². The lowest BCUT2D eigenvalue weighted by molar-refractivity contribution is -0.131. The topological polar surface area (TPSA) is 94.5 Å². The molecule has 0 radical (unpaired) electrons. The Bertz CT molecular complexity index is 633. The van der Waals surface area contributed by atoms with Gasteiger partial charge in [0.15, 0.2) is 0 Å². The largest absolute Gasteiger partial charge is 0.492 e. The number of nitriles is 1. The van der Waals surface area contributed by atoms with Crippen molar-refractivity contribution in [1.29, 1.82) is 5.26 Å². The van der Waals surface area contributed by atoms with E-state index in [4.69, 9.17) is 10.00 Å². The summed E-state index contributed by atoms with van der Waals surface area (Å²) in [5, 5.41) is 14.5. The fourth-order valence-electron chi connectivity index (χ4n) is 2.51. The van der Waals surface area contributed by atoms with E-state index in [0.717, 1.165) is 25.9 Å². The summed E-state index contributed by atoms with van der Waals surface area (Å²) in [6.45, 7) is 3.90. The van der Waals surface area contributed by atoms with Crippen molar-refractivity contribution in [2.24, 2.45) is 0 Å². The molecule has 2 amide bonds. The zero-order valence-electron chi connectivity index (χ0n) is 13.8. The summed E-state index contributed by atoms with van der Waals surface area (Å²) in [4.78, 5) is 25.6. The number of carbonyl (C=O) groups is 2. The molecule has 1 aromatic rings. The van der Waals surface area contributed by atoms with Gasteiger partial charge in [-0.2, -0.15) is 5.26 Å². The van der Waals surface area contributed by atoms with Crippen LogP contribution in [-0.2, 0) is 9.59 Å². The van der Waals surface area contributed by atoms with Crippen LogP contribution in [0.5, 0.6) is 5.75 Å². The Kier molecular flexibility index (Phi) is 6.43. The van der Waals surface area contributed by atoms with Crippen LogP contribution in [0.3, 0.4) is 0 Å². The van der Waals surface area contributed by atoms with Gasteiger partial charge in [0, 0.05) is 13.1 Å². The molecule has 7 heteroatoms. The molecule has 0 unspecified atom stereocenters. The van der Waals surface area contributed by atoms with Crippen LogP contribution >= 0.6 is 0 Å². The summed E-state index contributed by atoms with van der Waals surface area (Å²) >= 11 is 0. The van der Waals surface area contributed by atoms with E-state index < -0.39 is 0 Å². The Morgan fingerprint density at radius 1 is 1.29 bits per heavy atom. The quantitative estimate of drug-likeness (QED) is 0.781. The SMILES string of the molecule is CCOc1ccc(C#N)cc1NCC(=O)NCC(=O)N1CCCC1. The Morgan fingerprint density at radius 2 is 2.04 bits per heavy atom. The fraction of sp³-hybridized carbons (Fsp3) is 0.471. The Balaban J connectivity index is 1.84. The molecule has 1 saturated heterocycles. The van der Waals surface area contributed by atoms with E-state index in [-0.39, 0.29) is 24.9 Å². The minimum Gasteiger partial charge on any atom is -0.492 e. The smallest absolute Gasteiger partial charge is 0.241 e. The third-order valence-corrected chi connectivity index (χ3v) is 3.74. The average molecular weight is 330 g/mol. The Labute approximate surface area is 141 Å². The van der Waals surface area contributed by atoms with Gasteiger partial charge in [-0.3, -0.25) is 9.59 Å². The molecule has 7 nitrogen and oxygen atoms in total. The minimum atomic E-state index is -0.285. The van der Waals surface area contributed by atoms with Crippen LogP contribution in [-0.4, -0.2) is 49.5 Å². The molecule has 24 heavy (non-hydrogen) atoms. The number of rotatable bonds is 7. The molecule has 0 spiro atoms. The highest BCUT2D eigenvalue weighted by atomic mass is 16.5. The van der Waals surface area contributed by atoms with E-state index in [9.17, 15) is 9.59 Å². The lowest BCUT2D eigenvalue weighted by Crippen LogP contribution is -2.40. The zero-order chi connectivity index (χ0) is 17.4. The molecule has 0 atom stereocenters. The summed E-state index contributed by atoms with van der Waals surface area (Å²) in [5.74, 6) is 0.243. The van der Waals surface area contributed by atoms with Crippen molar-refractivity contribution in [3.63, 3.8) is 0 Å². The van der Waals surface area contributed by atoms with Gasteiger partial charge in [0.05, 0.1) is 37.0 Å². The van der Waals surface area contributed by atoms with E-state index in [1.165, 1.54) is 0 Å². The van der Waals surface area contributed by atoms with Gasteiger partial charge >= 0.3 is 0 Å². The summed E-state index contributed by atoms with van der Waals surface area (Å²) < 4.78 is 5.47. The van der Waals surface area contributed by atoms with Crippen LogP contribution < -0.4 is 15.4 Å². The second-order valence-electron chi connectivity index (χ2n) is 5.47. The van der Waals surface area contributed by atoms with Gasteiger partial charge in [-0.05, 0) is 38.0 Å². The molecule has 128 valence electrons. The molecular formula is C17H22N4O3. The first-order valence-corrected chi connectivity index (χ1v) is 8.09. The molecule has 0 aromatic heterocycles. The van der Waals surface area contributed by atoms with Gasteiger partial charge in [-0.15, -0.1) is 0 Å². The normalized spacial score (nSPS) is 13.2. The number of amides is 2. The van der Waals surface area contributed by atoms with E-state index in [2.05, 4.69) is 10.6 Å². The first kappa shape index (κ1) is 17.6. The summed E-state index contributed by atoms with van der Waals surface area (Å²) in [6, 6.07) is 7.03. The Morgan fingerprint density at radius 3 is 2.71 bits per heavy atom. The molecule has 0 aliphatic carbocycles. The number of hydrogen-bond acceptors (Lipinski definition) is 5. The first-order chi connectivity index (χ1) is 11.6. The summed E-state index contributed by atoms with van der Waals surface area (Å²) in [6.07, 6.45) is 2.05. The highest BCUT2D eigenvalue weighted by Gasteiger charge is 2.18. The number of nitrogens with zero attached hydrogens (tertiary/aromatic N) is 2. The van der Waals surface area contributed by atoms with Crippen LogP contribution in [0, 0.1) is 11.3 Å². The average Bonchev–Trinajstić information content (AvgIpc) is 3.13. The second kappa shape index (κ2) is 8.77.